The second kappa shape index (κ2) is 9.20. The zero-order chi connectivity index (χ0) is 18.2. The number of ether oxygens (including phenoxy) is 3. The van der Waals surface area contributed by atoms with Gasteiger partial charge in [-0.15, -0.1) is 0 Å². The molecule has 138 valence electrons. The number of carbonyl (C=O) groups is 1. The van der Waals surface area contributed by atoms with Crippen LogP contribution in [0.4, 0.5) is 0 Å². The van der Waals surface area contributed by atoms with E-state index in [9.17, 15) is 4.79 Å². The zero-order valence-corrected chi connectivity index (χ0v) is 14.9. The molecule has 1 aromatic carbocycles. The highest BCUT2D eigenvalue weighted by atomic mass is 16.5. The fraction of sp³-hybridized carbons (Fsp3) is 0.400. The van der Waals surface area contributed by atoms with Crippen LogP contribution in [0.25, 0.3) is 0 Å². The number of aromatic nitrogens is 1. The Labute approximate surface area is 153 Å². The first-order chi connectivity index (χ1) is 12.7. The molecule has 0 unspecified atom stereocenters. The Balaban J connectivity index is 1.46. The lowest BCUT2D eigenvalue weighted by molar-refractivity contribution is 0.0237. The SMILES string of the molecule is COc1cccc(CCNC(=O)c2ccc(OC3CCOCC3)nc2)c1. The summed E-state index contributed by atoms with van der Waals surface area (Å²) < 4.78 is 16.3. The number of hydrogen-bond acceptors (Lipinski definition) is 5. The molecule has 1 aliphatic heterocycles. The average Bonchev–Trinajstić information content (AvgIpc) is 2.69. The molecule has 1 fully saturated rings. The summed E-state index contributed by atoms with van der Waals surface area (Å²) in [5, 5.41) is 2.91. The minimum Gasteiger partial charge on any atom is -0.497 e. The second-order valence-corrected chi connectivity index (χ2v) is 6.17. The standard InChI is InChI=1S/C20H24N2O4/c1-24-18-4-2-3-15(13-18)7-10-21-20(23)16-5-6-19(22-14-16)26-17-8-11-25-12-9-17/h2-6,13-14,17H,7-12H2,1H3,(H,21,23). The van der Waals surface area contributed by atoms with Crippen molar-refractivity contribution in [2.75, 3.05) is 26.9 Å². The maximum atomic E-state index is 12.2. The van der Waals surface area contributed by atoms with Gasteiger partial charge in [0.2, 0.25) is 5.88 Å². The third kappa shape index (κ3) is 5.20. The molecule has 6 heteroatoms. The molecule has 1 aromatic heterocycles. The molecule has 0 radical (unpaired) electrons. The fourth-order valence-electron chi connectivity index (χ4n) is 2.80. The van der Waals surface area contributed by atoms with Gasteiger partial charge in [0, 0.05) is 31.6 Å². The van der Waals surface area contributed by atoms with E-state index in [0.29, 0.717) is 18.0 Å². The Bertz CT molecular complexity index is 712. The second-order valence-electron chi connectivity index (χ2n) is 6.17. The average molecular weight is 356 g/mol. The Morgan fingerprint density at radius 1 is 1.27 bits per heavy atom. The van der Waals surface area contributed by atoms with Crippen LogP contribution in [0, 0.1) is 0 Å². The van der Waals surface area contributed by atoms with E-state index in [4.69, 9.17) is 14.2 Å². The molecule has 1 aliphatic rings. The highest BCUT2D eigenvalue weighted by Crippen LogP contribution is 2.16. The molecular formula is C20H24N2O4. The highest BCUT2D eigenvalue weighted by molar-refractivity contribution is 5.93. The number of methoxy groups -OCH3 is 1. The van der Waals surface area contributed by atoms with E-state index >= 15 is 0 Å². The lowest BCUT2D eigenvalue weighted by Gasteiger charge is -2.22. The number of nitrogens with zero attached hydrogens (tertiary/aromatic N) is 1. The number of hydrogen-bond donors (Lipinski definition) is 1. The molecule has 0 aliphatic carbocycles. The van der Waals surface area contributed by atoms with Gasteiger partial charge < -0.3 is 19.5 Å². The predicted molar refractivity (Wildman–Crippen MR) is 97.7 cm³/mol. The summed E-state index contributed by atoms with van der Waals surface area (Å²) in [5.74, 6) is 1.22. The number of amides is 1. The van der Waals surface area contributed by atoms with Crippen molar-refractivity contribution in [3.8, 4) is 11.6 Å². The summed E-state index contributed by atoms with van der Waals surface area (Å²) in [6.07, 6.45) is 4.16. The van der Waals surface area contributed by atoms with Gasteiger partial charge in [-0.05, 0) is 30.2 Å². The number of carbonyl (C=O) groups excluding carboxylic acids is 1. The molecule has 0 bridgehead atoms. The van der Waals surface area contributed by atoms with Crippen LogP contribution in [0.2, 0.25) is 0 Å². The Hall–Kier alpha value is -2.60. The van der Waals surface area contributed by atoms with Crippen LogP contribution in [0.1, 0.15) is 28.8 Å². The maximum absolute atomic E-state index is 12.2. The van der Waals surface area contributed by atoms with E-state index in [-0.39, 0.29) is 12.0 Å². The largest absolute Gasteiger partial charge is 0.497 e. The molecule has 1 N–H and O–H groups in total. The van der Waals surface area contributed by atoms with Crippen LogP contribution in [0.3, 0.4) is 0 Å². The Kier molecular flexibility index (Phi) is 6.44. The van der Waals surface area contributed by atoms with E-state index in [2.05, 4.69) is 10.3 Å². The lowest BCUT2D eigenvalue weighted by atomic mass is 10.1. The van der Waals surface area contributed by atoms with Crippen molar-refractivity contribution in [2.24, 2.45) is 0 Å². The molecule has 0 saturated carbocycles. The van der Waals surface area contributed by atoms with Crippen molar-refractivity contribution in [1.29, 1.82) is 0 Å². The van der Waals surface area contributed by atoms with E-state index in [1.54, 1.807) is 25.4 Å². The molecule has 0 spiro atoms. The zero-order valence-electron chi connectivity index (χ0n) is 14.9. The molecule has 26 heavy (non-hydrogen) atoms. The number of pyridine rings is 1. The van der Waals surface area contributed by atoms with Crippen LogP contribution in [0.5, 0.6) is 11.6 Å². The van der Waals surface area contributed by atoms with Crippen molar-refractivity contribution in [1.82, 2.24) is 10.3 Å². The van der Waals surface area contributed by atoms with E-state index in [1.165, 1.54) is 0 Å². The van der Waals surface area contributed by atoms with Crippen LogP contribution in [0.15, 0.2) is 42.6 Å². The topological polar surface area (TPSA) is 69.7 Å². The smallest absolute Gasteiger partial charge is 0.252 e. The molecule has 1 saturated heterocycles. The van der Waals surface area contributed by atoms with E-state index < -0.39 is 0 Å². The molecular weight excluding hydrogens is 332 g/mol. The van der Waals surface area contributed by atoms with Gasteiger partial charge in [-0.3, -0.25) is 4.79 Å². The van der Waals surface area contributed by atoms with Gasteiger partial charge in [-0.1, -0.05) is 12.1 Å². The van der Waals surface area contributed by atoms with Gasteiger partial charge >= 0.3 is 0 Å². The molecule has 1 amide bonds. The van der Waals surface area contributed by atoms with Crippen LogP contribution < -0.4 is 14.8 Å². The van der Waals surface area contributed by atoms with Crippen LogP contribution in [-0.4, -0.2) is 43.9 Å². The van der Waals surface area contributed by atoms with Crippen molar-refractivity contribution in [3.05, 3.63) is 53.7 Å². The molecule has 3 rings (SSSR count). The van der Waals surface area contributed by atoms with Crippen molar-refractivity contribution < 1.29 is 19.0 Å². The van der Waals surface area contributed by atoms with Gasteiger partial charge in [-0.2, -0.15) is 0 Å². The Morgan fingerprint density at radius 3 is 2.85 bits per heavy atom. The van der Waals surface area contributed by atoms with Crippen molar-refractivity contribution in [3.63, 3.8) is 0 Å². The van der Waals surface area contributed by atoms with Gasteiger partial charge in [-0.25, -0.2) is 4.98 Å². The van der Waals surface area contributed by atoms with Crippen molar-refractivity contribution in [2.45, 2.75) is 25.4 Å². The quantitative estimate of drug-likeness (QED) is 0.826. The first-order valence-corrected chi connectivity index (χ1v) is 8.86. The Morgan fingerprint density at radius 2 is 2.12 bits per heavy atom. The number of rotatable bonds is 7. The predicted octanol–water partition coefficient (Wildman–Crippen LogP) is 2.62. The fourth-order valence-corrected chi connectivity index (χ4v) is 2.80. The third-order valence-electron chi connectivity index (χ3n) is 4.29. The molecule has 2 aromatic rings. The molecule has 6 nitrogen and oxygen atoms in total. The monoisotopic (exact) mass is 356 g/mol. The minimum absolute atomic E-state index is 0.138. The van der Waals surface area contributed by atoms with Crippen LogP contribution in [-0.2, 0) is 11.2 Å². The minimum atomic E-state index is -0.141. The molecule has 2 heterocycles. The van der Waals surface area contributed by atoms with Gasteiger partial charge in [0.05, 0.1) is 25.9 Å². The first kappa shape index (κ1) is 18.2. The summed E-state index contributed by atoms with van der Waals surface area (Å²) in [5.41, 5.74) is 1.64. The van der Waals surface area contributed by atoms with E-state index in [1.807, 2.05) is 24.3 Å². The molecule has 0 atom stereocenters. The normalized spacial score (nSPS) is 14.7. The van der Waals surface area contributed by atoms with Crippen LogP contribution >= 0.6 is 0 Å². The summed E-state index contributed by atoms with van der Waals surface area (Å²) in [6, 6.07) is 11.3. The lowest BCUT2D eigenvalue weighted by Crippen LogP contribution is -2.27. The third-order valence-corrected chi connectivity index (χ3v) is 4.29. The van der Waals surface area contributed by atoms with Gasteiger partial charge in [0.25, 0.3) is 5.91 Å². The summed E-state index contributed by atoms with van der Waals surface area (Å²) in [6.45, 7) is 1.99. The van der Waals surface area contributed by atoms with Crippen molar-refractivity contribution >= 4 is 5.91 Å². The summed E-state index contributed by atoms with van der Waals surface area (Å²) in [7, 11) is 1.64. The highest BCUT2D eigenvalue weighted by Gasteiger charge is 2.16. The number of nitrogens with one attached hydrogen (secondary N) is 1. The summed E-state index contributed by atoms with van der Waals surface area (Å²) >= 11 is 0. The van der Waals surface area contributed by atoms with Gasteiger partial charge in [0.1, 0.15) is 11.9 Å². The number of benzene rings is 1. The van der Waals surface area contributed by atoms with E-state index in [0.717, 1.165) is 43.8 Å². The maximum Gasteiger partial charge on any atom is 0.252 e. The summed E-state index contributed by atoms with van der Waals surface area (Å²) in [4.78, 5) is 16.5. The van der Waals surface area contributed by atoms with Gasteiger partial charge in [0.15, 0.2) is 0 Å². The first-order valence-electron chi connectivity index (χ1n) is 8.86.